The monoisotopic (exact) mass is 159 g/mol. The van der Waals surface area contributed by atoms with Crippen molar-refractivity contribution in [3.05, 3.63) is 0 Å². The molecule has 60 valence electrons. The number of hydrogen-bond donors (Lipinski definition) is 1. The largest absolute Gasteiger partial charge is 0.330 e. The first kappa shape index (κ1) is 8.41. The maximum absolute atomic E-state index is 5.59. The third-order valence-electron chi connectivity index (χ3n) is 2.57. The third kappa shape index (κ3) is 1.89. The first-order chi connectivity index (χ1) is 4.88. The molecule has 1 fully saturated rings. The van der Waals surface area contributed by atoms with Gasteiger partial charge in [-0.05, 0) is 49.7 Å². The van der Waals surface area contributed by atoms with Crippen molar-refractivity contribution in [3.8, 4) is 0 Å². The quantitative estimate of drug-likeness (QED) is 0.676. The molecule has 1 rings (SSSR count). The lowest BCUT2D eigenvalue weighted by Crippen LogP contribution is -2.32. The second-order valence-corrected chi connectivity index (χ2v) is 4.10. The predicted octanol–water partition coefficient (Wildman–Crippen LogP) is 1.72. The van der Waals surface area contributed by atoms with Crippen LogP contribution < -0.4 is 5.73 Å². The van der Waals surface area contributed by atoms with Gasteiger partial charge >= 0.3 is 0 Å². The second kappa shape index (κ2) is 4.24. The van der Waals surface area contributed by atoms with Crippen molar-refractivity contribution in [2.75, 3.05) is 18.6 Å². The molecule has 0 saturated heterocycles. The van der Waals surface area contributed by atoms with Crippen LogP contribution in [0.15, 0.2) is 0 Å². The molecule has 0 bridgehead atoms. The molecule has 2 atom stereocenters. The Morgan fingerprint density at radius 3 is 2.50 bits per heavy atom. The molecule has 0 aromatic carbocycles. The zero-order valence-electron chi connectivity index (χ0n) is 6.68. The van der Waals surface area contributed by atoms with Gasteiger partial charge in [-0.25, -0.2) is 0 Å². The van der Waals surface area contributed by atoms with Crippen LogP contribution in [0.1, 0.15) is 19.3 Å². The molecule has 0 aliphatic heterocycles. The van der Waals surface area contributed by atoms with Gasteiger partial charge in [-0.1, -0.05) is 0 Å². The van der Waals surface area contributed by atoms with E-state index in [9.17, 15) is 0 Å². The van der Waals surface area contributed by atoms with E-state index >= 15 is 0 Å². The summed E-state index contributed by atoms with van der Waals surface area (Å²) in [5.41, 5.74) is 5.59. The van der Waals surface area contributed by atoms with Gasteiger partial charge in [0.25, 0.3) is 0 Å². The van der Waals surface area contributed by atoms with Gasteiger partial charge in [0, 0.05) is 0 Å². The maximum atomic E-state index is 5.59. The average molecular weight is 159 g/mol. The first-order valence-electron chi connectivity index (χ1n) is 4.07. The summed E-state index contributed by atoms with van der Waals surface area (Å²) in [7, 11) is 0. The molecule has 1 nitrogen and oxygen atoms in total. The van der Waals surface area contributed by atoms with Crippen molar-refractivity contribution in [1.82, 2.24) is 0 Å². The molecule has 0 spiro atoms. The molecule has 1 aliphatic carbocycles. The molecule has 2 heteroatoms. The highest BCUT2D eigenvalue weighted by molar-refractivity contribution is 7.98. The lowest BCUT2D eigenvalue weighted by Gasteiger charge is -2.35. The minimum atomic E-state index is 0.868. The standard InChI is InChI=1S/C8H17NS/c1-10-5-4-7-2-3-8(7)6-9/h7-8H,2-6,9H2,1H3. The van der Waals surface area contributed by atoms with Gasteiger partial charge in [0.05, 0.1) is 0 Å². The van der Waals surface area contributed by atoms with Crippen molar-refractivity contribution in [2.24, 2.45) is 17.6 Å². The summed E-state index contributed by atoms with van der Waals surface area (Å²) in [4.78, 5) is 0. The van der Waals surface area contributed by atoms with E-state index in [-0.39, 0.29) is 0 Å². The fourth-order valence-electron chi connectivity index (χ4n) is 1.60. The number of thioether (sulfide) groups is 1. The van der Waals surface area contributed by atoms with Gasteiger partial charge in [-0.15, -0.1) is 0 Å². The highest BCUT2D eigenvalue weighted by atomic mass is 32.2. The van der Waals surface area contributed by atoms with Gasteiger partial charge < -0.3 is 5.73 Å². The minimum Gasteiger partial charge on any atom is -0.330 e. The Morgan fingerprint density at radius 2 is 2.10 bits per heavy atom. The molecule has 0 aromatic heterocycles. The van der Waals surface area contributed by atoms with Gasteiger partial charge in [0.1, 0.15) is 0 Å². The summed E-state index contributed by atoms with van der Waals surface area (Å²) in [5.74, 6) is 3.16. The van der Waals surface area contributed by atoms with Crippen LogP contribution in [-0.4, -0.2) is 18.6 Å². The van der Waals surface area contributed by atoms with E-state index < -0.39 is 0 Å². The zero-order chi connectivity index (χ0) is 7.40. The number of rotatable bonds is 4. The molecule has 1 saturated carbocycles. The lowest BCUT2D eigenvalue weighted by molar-refractivity contribution is 0.179. The summed E-state index contributed by atoms with van der Waals surface area (Å²) in [5, 5.41) is 0. The average Bonchev–Trinajstić information content (AvgIpc) is 1.88. The van der Waals surface area contributed by atoms with Gasteiger partial charge in [0.15, 0.2) is 0 Å². The fourth-order valence-corrected chi connectivity index (χ4v) is 2.14. The Morgan fingerprint density at radius 1 is 1.40 bits per heavy atom. The van der Waals surface area contributed by atoms with Gasteiger partial charge in [-0.2, -0.15) is 11.8 Å². The Balaban J connectivity index is 2.05. The highest BCUT2D eigenvalue weighted by Crippen LogP contribution is 2.36. The molecule has 2 N–H and O–H groups in total. The van der Waals surface area contributed by atoms with E-state index in [1.54, 1.807) is 0 Å². The summed E-state index contributed by atoms with van der Waals surface area (Å²) >= 11 is 1.95. The van der Waals surface area contributed by atoms with Crippen molar-refractivity contribution in [3.63, 3.8) is 0 Å². The second-order valence-electron chi connectivity index (χ2n) is 3.11. The summed E-state index contributed by atoms with van der Waals surface area (Å²) in [6, 6.07) is 0. The van der Waals surface area contributed by atoms with Crippen molar-refractivity contribution in [2.45, 2.75) is 19.3 Å². The van der Waals surface area contributed by atoms with Crippen LogP contribution in [0.2, 0.25) is 0 Å². The molecule has 10 heavy (non-hydrogen) atoms. The van der Waals surface area contributed by atoms with Crippen LogP contribution in [0.3, 0.4) is 0 Å². The van der Waals surface area contributed by atoms with E-state index in [1.165, 1.54) is 25.0 Å². The lowest BCUT2D eigenvalue weighted by atomic mass is 9.72. The number of nitrogens with two attached hydrogens (primary N) is 1. The van der Waals surface area contributed by atoms with Crippen LogP contribution in [0.5, 0.6) is 0 Å². The van der Waals surface area contributed by atoms with Crippen LogP contribution in [0.25, 0.3) is 0 Å². The van der Waals surface area contributed by atoms with Crippen LogP contribution in [-0.2, 0) is 0 Å². The fraction of sp³-hybridized carbons (Fsp3) is 1.00. The summed E-state index contributed by atoms with van der Waals surface area (Å²) < 4.78 is 0. The highest BCUT2D eigenvalue weighted by Gasteiger charge is 2.28. The molecule has 0 radical (unpaired) electrons. The topological polar surface area (TPSA) is 26.0 Å². The molecule has 0 aromatic rings. The maximum Gasteiger partial charge on any atom is -0.00462 e. The molecule has 1 aliphatic rings. The van der Waals surface area contributed by atoms with Gasteiger partial charge in [0.2, 0.25) is 0 Å². The summed E-state index contributed by atoms with van der Waals surface area (Å²) in [6.45, 7) is 0.916. The van der Waals surface area contributed by atoms with Crippen molar-refractivity contribution in [1.29, 1.82) is 0 Å². The van der Waals surface area contributed by atoms with Crippen LogP contribution >= 0.6 is 11.8 Å². The van der Waals surface area contributed by atoms with Gasteiger partial charge in [-0.3, -0.25) is 0 Å². The first-order valence-corrected chi connectivity index (χ1v) is 5.47. The van der Waals surface area contributed by atoms with E-state index in [4.69, 9.17) is 5.73 Å². The SMILES string of the molecule is CSCCC1CCC1CN. The Hall–Kier alpha value is 0.310. The molecular weight excluding hydrogens is 142 g/mol. The van der Waals surface area contributed by atoms with E-state index in [0.717, 1.165) is 18.4 Å². The zero-order valence-corrected chi connectivity index (χ0v) is 7.49. The Labute approximate surface area is 67.8 Å². The molecule has 2 unspecified atom stereocenters. The van der Waals surface area contributed by atoms with E-state index in [0.29, 0.717) is 0 Å². The minimum absolute atomic E-state index is 0.868. The third-order valence-corrected chi connectivity index (χ3v) is 3.21. The Kier molecular flexibility index (Phi) is 3.57. The normalized spacial score (nSPS) is 31.8. The van der Waals surface area contributed by atoms with E-state index in [1.807, 2.05) is 11.8 Å². The van der Waals surface area contributed by atoms with E-state index in [2.05, 4.69) is 6.26 Å². The molecule has 0 heterocycles. The Bertz CT molecular complexity index is 93.3. The van der Waals surface area contributed by atoms with Crippen LogP contribution in [0, 0.1) is 11.8 Å². The molecule has 0 amide bonds. The number of hydrogen-bond acceptors (Lipinski definition) is 2. The predicted molar refractivity (Wildman–Crippen MR) is 48.3 cm³/mol. The van der Waals surface area contributed by atoms with Crippen molar-refractivity contribution >= 4 is 11.8 Å². The summed E-state index contributed by atoms with van der Waals surface area (Å²) in [6.07, 6.45) is 6.39. The van der Waals surface area contributed by atoms with Crippen molar-refractivity contribution < 1.29 is 0 Å². The smallest absolute Gasteiger partial charge is 0.00462 e. The van der Waals surface area contributed by atoms with Crippen LogP contribution in [0.4, 0.5) is 0 Å². The molecular formula is C8H17NS.